The highest BCUT2D eigenvalue weighted by atomic mass is 16.2. The Hall–Kier alpha value is -2.69. The molecule has 0 radical (unpaired) electrons. The zero-order valence-electron chi connectivity index (χ0n) is 15.2. The summed E-state index contributed by atoms with van der Waals surface area (Å²) in [6, 6.07) is 9.18. The fourth-order valence-corrected chi connectivity index (χ4v) is 2.62. The normalized spacial score (nSPS) is 10.6. The van der Waals surface area contributed by atoms with Crippen molar-refractivity contribution >= 4 is 17.5 Å². The van der Waals surface area contributed by atoms with Crippen molar-refractivity contribution in [3.05, 3.63) is 58.9 Å². The van der Waals surface area contributed by atoms with Crippen LogP contribution in [-0.2, 0) is 12.8 Å². The Morgan fingerprint density at radius 3 is 2.24 bits per heavy atom. The molecular weight excluding hydrogens is 314 g/mol. The number of nitrogens with one attached hydrogen (secondary N) is 2. The van der Waals surface area contributed by atoms with Gasteiger partial charge in [-0.05, 0) is 49.9 Å². The molecule has 2 N–H and O–H groups in total. The second-order valence-corrected chi connectivity index (χ2v) is 6.17. The van der Waals surface area contributed by atoms with Crippen molar-refractivity contribution in [3.8, 4) is 0 Å². The van der Waals surface area contributed by atoms with Crippen molar-refractivity contribution in [3.63, 3.8) is 0 Å². The molecule has 25 heavy (non-hydrogen) atoms. The highest BCUT2D eigenvalue weighted by Gasteiger charge is 2.15. The molecule has 5 heteroatoms. The van der Waals surface area contributed by atoms with Crippen molar-refractivity contribution in [2.24, 2.45) is 0 Å². The van der Waals surface area contributed by atoms with E-state index in [1.54, 1.807) is 6.07 Å². The molecule has 2 rings (SSSR count). The zero-order chi connectivity index (χ0) is 18.4. The van der Waals surface area contributed by atoms with Crippen molar-refractivity contribution in [1.82, 2.24) is 10.3 Å². The van der Waals surface area contributed by atoms with Crippen LogP contribution in [0.5, 0.6) is 0 Å². The number of nitrogens with zero attached hydrogens (tertiary/aromatic N) is 1. The van der Waals surface area contributed by atoms with E-state index in [1.165, 1.54) is 12.3 Å². The number of hydrogen-bond acceptors (Lipinski definition) is 3. The van der Waals surface area contributed by atoms with Gasteiger partial charge >= 0.3 is 0 Å². The number of hydrogen-bond donors (Lipinski definition) is 2. The molecule has 0 aliphatic rings. The predicted octanol–water partition coefficient (Wildman–Crippen LogP) is 3.60. The second-order valence-electron chi connectivity index (χ2n) is 6.17. The number of aromatic nitrogens is 1. The minimum Gasteiger partial charge on any atom is -0.349 e. The maximum Gasteiger partial charge on any atom is 0.270 e. The van der Waals surface area contributed by atoms with Gasteiger partial charge in [-0.3, -0.25) is 14.6 Å². The summed E-state index contributed by atoms with van der Waals surface area (Å²) in [5, 5.41) is 5.78. The molecular formula is C20H25N3O2. The van der Waals surface area contributed by atoms with E-state index in [4.69, 9.17) is 0 Å². The molecule has 0 spiro atoms. The first kappa shape index (κ1) is 18.6. The van der Waals surface area contributed by atoms with Crippen LogP contribution in [0.3, 0.4) is 0 Å². The van der Waals surface area contributed by atoms with Crippen LogP contribution in [0.25, 0.3) is 0 Å². The van der Waals surface area contributed by atoms with Crippen LogP contribution in [0.4, 0.5) is 5.69 Å². The summed E-state index contributed by atoms with van der Waals surface area (Å²) < 4.78 is 0. The molecule has 0 saturated heterocycles. The van der Waals surface area contributed by atoms with Crippen LogP contribution >= 0.6 is 0 Å². The van der Waals surface area contributed by atoms with Crippen LogP contribution in [0.15, 0.2) is 36.5 Å². The lowest BCUT2D eigenvalue weighted by molar-refractivity contribution is 0.0938. The monoisotopic (exact) mass is 339 g/mol. The summed E-state index contributed by atoms with van der Waals surface area (Å²) in [6.07, 6.45) is 3.15. The Morgan fingerprint density at radius 1 is 1.04 bits per heavy atom. The highest BCUT2D eigenvalue weighted by Crippen LogP contribution is 2.23. The number of amides is 2. The van der Waals surface area contributed by atoms with E-state index in [0.717, 1.165) is 29.7 Å². The molecule has 0 bridgehead atoms. The summed E-state index contributed by atoms with van der Waals surface area (Å²) in [6.45, 7) is 7.88. The topological polar surface area (TPSA) is 71.1 Å². The minimum absolute atomic E-state index is 0.00956. The second kappa shape index (κ2) is 8.42. The predicted molar refractivity (Wildman–Crippen MR) is 100.0 cm³/mol. The fourth-order valence-electron chi connectivity index (χ4n) is 2.62. The van der Waals surface area contributed by atoms with Crippen LogP contribution in [0.2, 0.25) is 0 Å². The van der Waals surface area contributed by atoms with Gasteiger partial charge in [0.25, 0.3) is 11.8 Å². The molecule has 1 aromatic carbocycles. The lowest BCUT2D eigenvalue weighted by Crippen LogP contribution is -2.31. The number of aryl methyl sites for hydroxylation is 2. The molecule has 0 unspecified atom stereocenters. The van der Waals surface area contributed by atoms with Gasteiger partial charge in [-0.25, -0.2) is 0 Å². The number of rotatable bonds is 6. The van der Waals surface area contributed by atoms with E-state index in [2.05, 4.69) is 29.5 Å². The first-order valence-electron chi connectivity index (χ1n) is 8.65. The van der Waals surface area contributed by atoms with Gasteiger partial charge in [0.15, 0.2) is 0 Å². The van der Waals surface area contributed by atoms with Gasteiger partial charge in [0.05, 0.1) is 0 Å². The van der Waals surface area contributed by atoms with Gasteiger partial charge in [-0.2, -0.15) is 0 Å². The molecule has 1 aromatic heterocycles. The Kier molecular flexibility index (Phi) is 6.28. The molecule has 5 nitrogen and oxygen atoms in total. The lowest BCUT2D eigenvalue weighted by Gasteiger charge is -2.14. The van der Waals surface area contributed by atoms with Crippen molar-refractivity contribution in [2.75, 3.05) is 5.32 Å². The Labute approximate surface area is 148 Å². The molecule has 0 atom stereocenters. The standard InChI is InChI=1S/C20H25N3O2/c1-5-14-8-7-9-15(6-2)18(14)23-19(24)16-10-11-21-17(12-16)20(25)22-13(3)4/h7-13H,5-6H2,1-4H3,(H,22,25)(H,23,24). The molecule has 1 heterocycles. The van der Waals surface area contributed by atoms with Crippen LogP contribution in [0, 0.1) is 0 Å². The van der Waals surface area contributed by atoms with E-state index in [0.29, 0.717) is 5.56 Å². The Morgan fingerprint density at radius 2 is 1.68 bits per heavy atom. The number of pyridine rings is 1. The fraction of sp³-hybridized carbons (Fsp3) is 0.350. The average molecular weight is 339 g/mol. The third-order valence-electron chi connectivity index (χ3n) is 3.91. The maximum absolute atomic E-state index is 12.7. The summed E-state index contributed by atoms with van der Waals surface area (Å²) >= 11 is 0. The van der Waals surface area contributed by atoms with Gasteiger partial charge in [0, 0.05) is 23.5 Å². The molecule has 0 fully saturated rings. The molecule has 2 amide bonds. The van der Waals surface area contributed by atoms with E-state index in [-0.39, 0.29) is 23.6 Å². The smallest absolute Gasteiger partial charge is 0.270 e. The average Bonchev–Trinajstić information content (AvgIpc) is 2.61. The number of carbonyl (C=O) groups is 2. The van der Waals surface area contributed by atoms with Gasteiger partial charge < -0.3 is 10.6 Å². The largest absolute Gasteiger partial charge is 0.349 e. The van der Waals surface area contributed by atoms with E-state index in [9.17, 15) is 9.59 Å². The van der Waals surface area contributed by atoms with Crippen molar-refractivity contribution in [1.29, 1.82) is 0 Å². The number of anilines is 1. The summed E-state index contributed by atoms with van der Waals surface area (Å²) in [4.78, 5) is 28.8. The van der Waals surface area contributed by atoms with E-state index < -0.39 is 0 Å². The van der Waals surface area contributed by atoms with Crippen molar-refractivity contribution < 1.29 is 9.59 Å². The third-order valence-corrected chi connectivity index (χ3v) is 3.91. The molecule has 0 aliphatic carbocycles. The van der Waals surface area contributed by atoms with Crippen LogP contribution in [-0.4, -0.2) is 22.8 Å². The summed E-state index contributed by atoms with van der Waals surface area (Å²) in [5.74, 6) is -0.524. The SMILES string of the molecule is CCc1cccc(CC)c1NC(=O)c1ccnc(C(=O)NC(C)C)c1. The van der Waals surface area contributed by atoms with Crippen LogP contribution in [0.1, 0.15) is 59.7 Å². The Bertz CT molecular complexity index is 747. The first-order chi connectivity index (χ1) is 12.0. The highest BCUT2D eigenvalue weighted by molar-refractivity contribution is 6.06. The lowest BCUT2D eigenvalue weighted by atomic mass is 10.0. The quantitative estimate of drug-likeness (QED) is 0.845. The molecule has 0 aliphatic heterocycles. The molecule has 0 saturated carbocycles. The van der Waals surface area contributed by atoms with Crippen LogP contribution < -0.4 is 10.6 Å². The van der Waals surface area contributed by atoms with E-state index in [1.807, 2.05) is 32.0 Å². The number of para-hydroxylation sites is 1. The Balaban J connectivity index is 2.26. The maximum atomic E-state index is 12.7. The van der Waals surface area contributed by atoms with E-state index >= 15 is 0 Å². The number of benzene rings is 1. The summed E-state index contributed by atoms with van der Waals surface area (Å²) in [7, 11) is 0. The van der Waals surface area contributed by atoms with Gasteiger partial charge in [0.2, 0.25) is 0 Å². The summed E-state index contributed by atoms with van der Waals surface area (Å²) in [5.41, 5.74) is 3.71. The first-order valence-corrected chi connectivity index (χ1v) is 8.65. The van der Waals surface area contributed by atoms with Gasteiger partial charge in [-0.1, -0.05) is 32.0 Å². The molecule has 132 valence electrons. The van der Waals surface area contributed by atoms with Crippen molar-refractivity contribution in [2.45, 2.75) is 46.6 Å². The zero-order valence-corrected chi connectivity index (χ0v) is 15.2. The van der Waals surface area contributed by atoms with Gasteiger partial charge in [-0.15, -0.1) is 0 Å². The number of carbonyl (C=O) groups excluding carboxylic acids is 2. The third kappa shape index (κ3) is 4.66. The minimum atomic E-state index is -0.284. The van der Waals surface area contributed by atoms with Gasteiger partial charge in [0.1, 0.15) is 5.69 Å². The molecule has 2 aromatic rings.